The molecule has 4 aromatic rings. The largest absolute Gasteiger partial charge is 0.295 e. The smallest absolute Gasteiger partial charge is 0.258 e. The summed E-state index contributed by atoms with van der Waals surface area (Å²) in [5.74, 6) is 0.623. The van der Waals surface area contributed by atoms with E-state index in [9.17, 15) is 4.79 Å². The van der Waals surface area contributed by atoms with Gasteiger partial charge in [0, 0.05) is 29.6 Å². The first kappa shape index (κ1) is 12.6. The third-order valence-corrected chi connectivity index (χ3v) is 4.87. The van der Waals surface area contributed by atoms with E-state index in [0.29, 0.717) is 5.75 Å². The monoisotopic (exact) mass is 314 g/mol. The van der Waals surface area contributed by atoms with E-state index in [-0.39, 0.29) is 5.56 Å². The molecular formula is C14H10N4OS2. The Bertz CT molecular complexity index is 985. The fourth-order valence-electron chi connectivity index (χ4n) is 2.13. The lowest BCUT2D eigenvalue weighted by Gasteiger charge is -2.01. The van der Waals surface area contributed by atoms with Gasteiger partial charge < -0.3 is 0 Å². The standard InChI is InChI=1S/C14H10N4OS2/c19-12-7-10(16-14-18(12)5-6-20-14)9-21-13-15-8-11-3-1-2-4-17(11)13/h1-8H,9H2. The summed E-state index contributed by atoms with van der Waals surface area (Å²) in [4.78, 5) is 21.6. The number of aromatic nitrogens is 4. The molecule has 0 aliphatic heterocycles. The van der Waals surface area contributed by atoms with E-state index in [1.54, 1.807) is 28.4 Å². The van der Waals surface area contributed by atoms with Crippen LogP contribution in [0.3, 0.4) is 0 Å². The maximum atomic E-state index is 11.9. The maximum absolute atomic E-state index is 11.9. The number of pyridine rings is 1. The van der Waals surface area contributed by atoms with Crippen molar-refractivity contribution in [1.29, 1.82) is 0 Å². The van der Waals surface area contributed by atoms with Crippen LogP contribution >= 0.6 is 23.1 Å². The molecule has 4 rings (SSSR count). The Labute approximate surface area is 127 Å². The number of hydrogen-bond donors (Lipinski definition) is 0. The second-order valence-corrected chi connectivity index (χ2v) is 6.28. The van der Waals surface area contributed by atoms with Crippen molar-refractivity contribution in [2.75, 3.05) is 0 Å². The molecule has 104 valence electrons. The highest BCUT2D eigenvalue weighted by molar-refractivity contribution is 7.98. The van der Waals surface area contributed by atoms with Crippen LogP contribution in [0, 0.1) is 0 Å². The first-order chi connectivity index (χ1) is 10.3. The Morgan fingerprint density at radius 1 is 1.24 bits per heavy atom. The molecule has 0 aliphatic rings. The Morgan fingerprint density at radius 2 is 2.19 bits per heavy atom. The van der Waals surface area contributed by atoms with Gasteiger partial charge in [-0.25, -0.2) is 9.97 Å². The lowest BCUT2D eigenvalue weighted by atomic mass is 10.4. The van der Waals surface area contributed by atoms with Crippen molar-refractivity contribution in [2.45, 2.75) is 10.9 Å². The zero-order chi connectivity index (χ0) is 14.2. The van der Waals surface area contributed by atoms with Crippen molar-refractivity contribution in [3.8, 4) is 0 Å². The first-order valence-corrected chi connectivity index (χ1v) is 8.18. The molecule has 0 N–H and O–H groups in total. The number of thiazole rings is 1. The van der Waals surface area contributed by atoms with Crippen LogP contribution in [0.5, 0.6) is 0 Å². The second-order valence-electron chi connectivity index (χ2n) is 4.47. The normalized spacial score (nSPS) is 11.4. The van der Waals surface area contributed by atoms with E-state index in [1.807, 2.05) is 40.4 Å². The molecule has 0 atom stereocenters. The van der Waals surface area contributed by atoms with Crippen molar-refractivity contribution in [2.24, 2.45) is 0 Å². The number of nitrogens with zero attached hydrogens (tertiary/aromatic N) is 4. The third kappa shape index (κ3) is 2.24. The molecule has 4 aromatic heterocycles. The minimum absolute atomic E-state index is 0.0372. The number of hydrogen-bond acceptors (Lipinski definition) is 5. The molecule has 0 saturated carbocycles. The lowest BCUT2D eigenvalue weighted by molar-refractivity contribution is 0.954. The average Bonchev–Trinajstić information content (AvgIpc) is 3.12. The molecule has 0 spiro atoms. The van der Waals surface area contributed by atoms with Crippen LogP contribution in [-0.2, 0) is 5.75 Å². The van der Waals surface area contributed by atoms with E-state index in [4.69, 9.17) is 0 Å². The Balaban J connectivity index is 1.64. The zero-order valence-corrected chi connectivity index (χ0v) is 12.5. The SMILES string of the molecule is O=c1cc(CSc2ncc3ccccn23)nc2sccn12. The van der Waals surface area contributed by atoms with Crippen LogP contribution in [-0.4, -0.2) is 18.8 Å². The minimum atomic E-state index is -0.0372. The number of imidazole rings is 1. The summed E-state index contributed by atoms with van der Waals surface area (Å²) in [5.41, 5.74) is 1.80. The van der Waals surface area contributed by atoms with Crippen LogP contribution in [0.15, 0.2) is 58.2 Å². The number of thioether (sulfide) groups is 1. The van der Waals surface area contributed by atoms with Crippen molar-refractivity contribution in [3.05, 3.63) is 64.3 Å². The van der Waals surface area contributed by atoms with Crippen LogP contribution in [0.25, 0.3) is 10.5 Å². The quantitative estimate of drug-likeness (QED) is 0.546. The van der Waals surface area contributed by atoms with Crippen molar-refractivity contribution >= 4 is 33.6 Å². The molecule has 0 bridgehead atoms. The minimum Gasteiger partial charge on any atom is -0.295 e. The van der Waals surface area contributed by atoms with Gasteiger partial charge in [-0.2, -0.15) is 0 Å². The van der Waals surface area contributed by atoms with Crippen LogP contribution in [0.4, 0.5) is 0 Å². The van der Waals surface area contributed by atoms with Crippen LogP contribution < -0.4 is 5.56 Å². The molecule has 0 unspecified atom stereocenters. The van der Waals surface area contributed by atoms with Gasteiger partial charge >= 0.3 is 0 Å². The fraction of sp³-hybridized carbons (Fsp3) is 0.0714. The topological polar surface area (TPSA) is 51.7 Å². The zero-order valence-electron chi connectivity index (χ0n) is 10.8. The molecular weight excluding hydrogens is 304 g/mol. The molecule has 4 heterocycles. The van der Waals surface area contributed by atoms with E-state index in [2.05, 4.69) is 9.97 Å². The predicted octanol–water partition coefficient (Wildman–Crippen LogP) is 2.70. The molecule has 7 heteroatoms. The Morgan fingerprint density at radius 3 is 3.14 bits per heavy atom. The number of fused-ring (bicyclic) bond motifs is 2. The molecule has 5 nitrogen and oxygen atoms in total. The van der Waals surface area contributed by atoms with Crippen LogP contribution in [0.1, 0.15) is 5.69 Å². The van der Waals surface area contributed by atoms with Crippen molar-refractivity contribution in [3.63, 3.8) is 0 Å². The summed E-state index contributed by atoms with van der Waals surface area (Å²) in [6, 6.07) is 7.56. The van der Waals surface area contributed by atoms with E-state index in [0.717, 1.165) is 21.3 Å². The fourth-order valence-corrected chi connectivity index (χ4v) is 3.72. The molecule has 0 fully saturated rings. The first-order valence-electron chi connectivity index (χ1n) is 6.32. The molecule has 0 aromatic carbocycles. The average molecular weight is 314 g/mol. The molecule has 0 aliphatic carbocycles. The summed E-state index contributed by atoms with van der Waals surface area (Å²) in [6.07, 6.45) is 5.57. The summed E-state index contributed by atoms with van der Waals surface area (Å²) < 4.78 is 3.59. The van der Waals surface area contributed by atoms with Gasteiger partial charge in [-0.05, 0) is 12.1 Å². The summed E-state index contributed by atoms with van der Waals surface area (Å²) in [6.45, 7) is 0. The summed E-state index contributed by atoms with van der Waals surface area (Å²) in [7, 11) is 0. The highest BCUT2D eigenvalue weighted by Gasteiger charge is 2.07. The Hall–Kier alpha value is -2.12. The predicted molar refractivity (Wildman–Crippen MR) is 84.1 cm³/mol. The van der Waals surface area contributed by atoms with Gasteiger partial charge in [0.05, 0.1) is 17.4 Å². The third-order valence-electron chi connectivity index (χ3n) is 3.11. The van der Waals surface area contributed by atoms with E-state index >= 15 is 0 Å². The lowest BCUT2D eigenvalue weighted by Crippen LogP contribution is -2.12. The molecule has 0 saturated heterocycles. The van der Waals surface area contributed by atoms with Crippen molar-refractivity contribution < 1.29 is 0 Å². The van der Waals surface area contributed by atoms with Gasteiger partial charge in [-0.1, -0.05) is 17.8 Å². The van der Waals surface area contributed by atoms with E-state index in [1.165, 1.54) is 11.3 Å². The van der Waals surface area contributed by atoms with Crippen LogP contribution in [0.2, 0.25) is 0 Å². The van der Waals surface area contributed by atoms with E-state index < -0.39 is 0 Å². The summed E-state index contributed by atoms with van der Waals surface area (Å²) in [5, 5.41) is 2.77. The second kappa shape index (κ2) is 5.01. The molecule has 0 amide bonds. The van der Waals surface area contributed by atoms with Gasteiger partial charge in [0.2, 0.25) is 0 Å². The summed E-state index contributed by atoms with van der Waals surface area (Å²) >= 11 is 3.04. The Kier molecular flexibility index (Phi) is 3.01. The molecule has 21 heavy (non-hydrogen) atoms. The maximum Gasteiger partial charge on any atom is 0.258 e. The van der Waals surface area contributed by atoms with Gasteiger partial charge in [0.1, 0.15) is 0 Å². The van der Waals surface area contributed by atoms with Crippen molar-refractivity contribution in [1.82, 2.24) is 18.8 Å². The van der Waals surface area contributed by atoms with Gasteiger partial charge in [0.25, 0.3) is 5.56 Å². The van der Waals surface area contributed by atoms with Gasteiger partial charge in [-0.3, -0.25) is 13.6 Å². The van der Waals surface area contributed by atoms with Gasteiger partial charge in [-0.15, -0.1) is 11.3 Å². The number of rotatable bonds is 3. The molecule has 0 radical (unpaired) electrons. The highest BCUT2D eigenvalue weighted by Crippen LogP contribution is 2.22. The highest BCUT2D eigenvalue weighted by atomic mass is 32.2. The van der Waals surface area contributed by atoms with Gasteiger partial charge in [0.15, 0.2) is 10.1 Å².